The van der Waals surface area contributed by atoms with Gasteiger partial charge in [-0.25, -0.2) is 0 Å². The molecule has 1 unspecified atom stereocenters. The van der Waals surface area contributed by atoms with E-state index < -0.39 is 0 Å². The zero-order chi connectivity index (χ0) is 22.7. The monoisotopic (exact) mass is 531 g/mol. The first-order valence-electron chi connectivity index (χ1n) is 7.25. The molecule has 7 heteroatoms. The predicted octanol–water partition coefficient (Wildman–Crippen LogP) is 3.20. The summed E-state index contributed by atoms with van der Waals surface area (Å²) in [5, 5.41) is 0. The van der Waals surface area contributed by atoms with E-state index in [0.29, 0.717) is 10.8 Å². The Hall–Kier alpha value is -1.20. The fourth-order valence-electron chi connectivity index (χ4n) is 2.69. The van der Waals surface area contributed by atoms with E-state index in [1.165, 1.54) is 0 Å². The van der Waals surface area contributed by atoms with Crippen molar-refractivity contribution in [1.82, 2.24) is 4.90 Å². The summed E-state index contributed by atoms with van der Waals surface area (Å²) in [4.78, 5) is 2.53. The third kappa shape index (κ3) is 8.45. The molecule has 0 bridgehead atoms. The zero-order valence-corrected chi connectivity index (χ0v) is 19.2. The third-order valence-corrected chi connectivity index (χ3v) is 6.77. The van der Waals surface area contributed by atoms with Crippen molar-refractivity contribution in [3.05, 3.63) is 44.5 Å². The van der Waals surface area contributed by atoms with Crippen LogP contribution in [0.25, 0.3) is 0 Å². The molecule has 0 aromatic heterocycles. The fourth-order valence-corrected chi connectivity index (χ4v) is 4.49. The molecule has 6 nitrogen and oxygen atoms in total. The van der Waals surface area contributed by atoms with Gasteiger partial charge in [-0.3, -0.25) is 0 Å². The average Bonchev–Trinajstić information content (AvgIpc) is 2.71. The molecule has 0 spiro atoms. The van der Waals surface area contributed by atoms with E-state index in [4.69, 9.17) is 23.3 Å². The molecule has 0 saturated heterocycles. The maximum absolute atomic E-state index is 7.50. The number of rotatable bonds is 3. The van der Waals surface area contributed by atoms with Crippen molar-refractivity contribution in [1.29, 1.82) is 0 Å². The fraction of sp³-hybridized carbons (Fsp3) is 0.579. The maximum atomic E-state index is 7.50. The van der Waals surface area contributed by atoms with Crippen molar-refractivity contribution in [2.75, 3.05) is 13.1 Å². The number of allylic oxidation sites excluding steroid dienone is 2. The molecule has 0 aliphatic heterocycles. The molecule has 0 amide bonds. The molecular weight excluding hydrogens is 506 g/mol. The van der Waals surface area contributed by atoms with E-state index in [1.807, 2.05) is 0 Å². The van der Waals surface area contributed by atoms with Crippen LogP contribution in [0.3, 0.4) is 0 Å². The molecule has 0 saturated carbocycles. The number of hydrogen-bond acceptors (Lipinski definition) is 1. The van der Waals surface area contributed by atoms with Gasteiger partial charge in [0, 0.05) is 0 Å². The second-order valence-corrected chi connectivity index (χ2v) is 7.32. The van der Waals surface area contributed by atoms with Crippen molar-refractivity contribution in [2.24, 2.45) is 10.8 Å². The van der Waals surface area contributed by atoms with Gasteiger partial charge < -0.3 is 0 Å². The van der Waals surface area contributed by atoms with E-state index in [9.17, 15) is 0 Å². The summed E-state index contributed by atoms with van der Waals surface area (Å²) in [7, 11) is 0. The molecule has 1 rings (SSSR count). The molecule has 0 aromatic carbocycles. The molecular formula is C19H25NO5W. The molecule has 142 valence electrons. The van der Waals surface area contributed by atoms with Crippen LogP contribution < -0.4 is 0 Å². The van der Waals surface area contributed by atoms with Crippen LogP contribution in [0.2, 0.25) is 0 Å². The van der Waals surface area contributed by atoms with Crippen LogP contribution in [0.15, 0.2) is 11.3 Å². The zero-order valence-electron chi connectivity index (χ0n) is 16.3. The second kappa shape index (κ2) is 20.1. The molecule has 1 atom stereocenters. The van der Waals surface area contributed by atoms with Gasteiger partial charge in [0.2, 0.25) is 0 Å². The third-order valence-electron chi connectivity index (χ3n) is 4.20. The van der Waals surface area contributed by atoms with Crippen LogP contribution in [0.1, 0.15) is 48.5 Å². The van der Waals surface area contributed by atoms with Crippen molar-refractivity contribution in [3.8, 4) is 0 Å². The Balaban J connectivity index is -0.000000127. The summed E-state index contributed by atoms with van der Waals surface area (Å²) in [5.41, 5.74) is 3.76. The number of hydrogen-bond donors (Lipinski definition) is 0. The summed E-state index contributed by atoms with van der Waals surface area (Å²) in [6, 6.07) is 0. The van der Waals surface area contributed by atoms with Crippen molar-refractivity contribution < 1.29 is 42.6 Å². The van der Waals surface area contributed by atoms with E-state index in [0.717, 1.165) is 13.1 Å². The van der Waals surface area contributed by atoms with Crippen LogP contribution in [0, 0.1) is 44.1 Å². The summed E-state index contributed by atoms with van der Waals surface area (Å²) < 4.78 is 39.2. The number of nitrogens with zero attached hydrogens (tertiary/aromatic N) is 1. The quantitative estimate of drug-likeness (QED) is 0.406. The Kier molecular flexibility index (Phi) is 27.7. The van der Waals surface area contributed by atoms with Gasteiger partial charge in [-0.15, -0.1) is 0 Å². The SMILES string of the molecule is CCN(CC)C1=C(C)[C](=[W])C1(C)C(C)(C)C.[C-]#[O+].[C-]#[O+].[C-]#[O+].[C-]#[O+].[C-]#[O+]. The Labute approximate surface area is 168 Å². The second-order valence-electron chi connectivity index (χ2n) is 5.85. The van der Waals surface area contributed by atoms with Gasteiger partial charge in [-0.05, 0) is 0 Å². The topological polar surface area (TPSA) is 103 Å². The average molecular weight is 531 g/mol. The van der Waals surface area contributed by atoms with Crippen molar-refractivity contribution in [2.45, 2.75) is 48.5 Å². The minimum atomic E-state index is 0.290. The normalized spacial score (nSPS) is 16.3. The standard InChI is InChI=1S/C14H25N.5CO.W/c1-8-15(9-2)12-11(3)10-14(12,7)13(4,5)6;5*1-2;/h8-9H2,1-7H3;;;;;;. The summed E-state index contributed by atoms with van der Waals surface area (Å²) >= 11 is 1.64. The van der Waals surface area contributed by atoms with Crippen molar-refractivity contribution >= 4 is 3.90 Å². The first kappa shape index (κ1) is 35.8. The first-order chi connectivity index (χ1) is 12.2. The van der Waals surface area contributed by atoms with E-state index >= 15 is 0 Å². The van der Waals surface area contributed by atoms with Gasteiger partial charge in [-0.2, -0.15) is 0 Å². The van der Waals surface area contributed by atoms with Gasteiger partial charge >= 0.3 is 168 Å². The van der Waals surface area contributed by atoms with Crippen LogP contribution in [-0.4, -0.2) is 21.9 Å². The Morgan fingerprint density at radius 1 is 0.846 bits per heavy atom. The summed E-state index contributed by atoms with van der Waals surface area (Å²) in [6.07, 6.45) is 0. The predicted molar refractivity (Wildman–Crippen MR) is 87.8 cm³/mol. The van der Waals surface area contributed by atoms with Crippen LogP contribution in [-0.2, 0) is 42.6 Å². The van der Waals surface area contributed by atoms with Crippen molar-refractivity contribution in [3.63, 3.8) is 0 Å². The van der Waals surface area contributed by atoms with Crippen LogP contribution >= 0.6 is 0 Å². The molecule has 26 heavy (non-hydrogen) atoms. The molecule has 1 aliphatic carbocycles. The molecule has 0 heterocycles. The molecule has 0 N–H and O–H groups in total. The van der Waals surface area contributed by atoms with Gasteiger partial charge in [0.25, 0.3) is 0 Å². The summed E-state index contributed by atoms with van der Waals surface area (Å²) in [5.74, 6) is 0. The molecule has 0 aromatic rings. The molecule has 0 radical (unpaired) electrons. The Morgan fingerprint density at radius 2 is 1.12 bits per heavy atom. The van der Waals surface area contributed by atoms with Gasteiger partial charge in [0.15, 0.2) is 0 Å². The van der Waals surface area contributed by atoms with E-state index in [-0.39, 0.29) is 0 Å². The Bertz CT molecular complexity index is 496. The molecule has 1 aliphatic rings. The minimum absolute atomic E-state index is 0.290. The van der Waals surface area contributed by atoms with Gasteiger partial charge in [0.05, 0.1) is 0 Å². The van der Waals surface area contributed by atoms with Crippen LogP contribution in [0.5, 0.6) is 0 Å². The first-order valence-corrected chi connectivity index (χ1v) is 8.71. The Morgan fingerprint density at radius 3 is 1.31 bits per heavy atom. The summed E-state index contributed by atoms with van der Waals surface area (Å²) in [6.45, 7) is 41.1. The van der Waals surface area contributed by atoms with Gasteiger partial charge in [-0.1, -0.05) is 0 Å². The van der Waals surface area contributed by atoms with E-state index in [2.05, 4.69) is 86.6 Å². The van der Waals surface area contributed by atoms with Crippen LogP contribution in [0.4, 0.5) is 0 Å². The molecule has 0 fully saturated rings. The van der Waals surface area contributed by atoms with E-state index in [1.54, 1.807) is 34.5 Å². The van der Waals surface area contributed by atoms with Gasteiger partial charge in [0.1, 0.15) is 0 Å².